The summed E-state index contributed by atoms with van der Waals surface area (Å²) in [5.74, 6) is 0.136. The minimum atomic E-state index is -0.883. The summed E-state index contributed by atoms with van der Waals surface area (Å²) in [6.45, 7) is 4.15. The lowest BCUT2D eigenvalue weighted by Crippen LogP contribution is -2.56. The van der Waals surface area contributed by atoms with Crippen LogP contribution in [-0.2, 0) is 11.3 Å². The van der Waals surface area contributed by atoms with Gasteiger partial charge in [-0.25, -0.2) is 0 Å². The molecule has 1 aliphatic carbocycles. The van der Waals surface area contributed by atoms with Gasteiger partial charge in [-0.15, -0.1) is 0 Å². The van der Waals surface area contributed by atoms with Gasteiger partial charge >= 0.3 is 0 Å². The molecular formula is C13H19N5O2. The van der Waals surface area contributed by atoms with Crippen molar-refractivity contribution < 1.29 is 10.0 Å². The summed E-state index contributed by atoms with van der Waals surface area (Å²) in [5.41, 5.74) is 6.29. The van der Waals surface area contributed by atoms with Crippen molar-refractivity contribution in [2.75, 3.05) is 0 Å². The second-order valence-electron chi connectivity index (χ2n) is 5.41. The average Bonchev–Trinajstić information content (AvgIpc) is 2.41. The van der Waals surface area contributed by atoms with E-state index in [0.717, 1.165) is 5.69 Å². The van der Waals surface area contributed by atoms with Crippen molar-refractivity contribution in [2.24, 2.45) is 22.2 Å². The summed E-state index contributed by atoms with van der Waals surface area (Å²) in [5, 5.41) is 14.6. The van der Waals surface area contributed by atoms with E-state index in [0.29, 0.717) is 24.5 Å². The molecule has 0 bridgehead atoms. The normalized spacial score (nSPS) is 25.9. The number of amides is 1. The highest BCUT2D eigenvalue weighted by Crippen LogP contribution is 2.45. The molecular weight excluding hydrogens is 258 g/mol. The second kappa shape index (κ2) is 5.44. The Morgan fingerprint density at radius 3 is 2.75 bits per heavy atom. The Kier molecular flexibility index (Phi) is 3.87. The van der Waals surface area contributed by atoms with E-state index in [2.05, 4.69) is 20.4 Å². The Labute approximate surface area is 117 Å². The zero-order valence-electron chi connectivity index (χ0n) is 11.6. The summed E-state index contributed by atoms with van der Waals surface area (Å²) >= 11 is 0. The van der Waals surface area contributed by atoms with Crippen LogP contribution in [0.2, 0.25) is 0 Å². The smallest absolute Gasteiger partial charge is 0.234 e. The van der Waals surface area contributed by atoms with Crippen LogP contribution in [0.25, 0.3) is 0 Å². The predicted molar refractivity (Wildman–Crippen MR) is 72.9 cm³/mol. The quantitative estimate of drug-likeness (QED) is 0.322. The van der Waals surface area contributed by atoms with Gasteiger partial charge in [0, 0.05) is 6.20 Å². The van der Waals surface area contributed by atoms with Crippen LogP contribution in [0.15, 0.2) is 17.5 Å². The number of oxime groups is 1. The number of carbonyl (C=O) groups is 1. The van der Waals surface area contributed by atoms with Gasteiger partial charge < -0.3 is 16.3 Å². The third-order valence-corrected chi connectivity index (χ3v) is 3.69. The lowest BCUT2D eigenvalue weighted by molar-refractivity contribution is -0.133. The Morgan fingerprint density at radius 1 is 1.55 bits per heavy atom. The molecule has 1 aliphatic rings. The predicted octanol–water partition coefficient (Wildman–Crippen LogP) is 0.564. The van der Waals surface area contributed by atoms with Crippen molar-refractivity contribution in [3.05, 3.63) is 23.8 Å². The molecule has 0 radical (unpaired) electrons. The summed E-state index contributed by atoms with van der Waals surface area (Å²) in [6, 6.07) is 0. The summed E-state index contributed by atoms with van der Waals surface area (Å²) < 4.78 is 0. The number of aryl methyl sites for hydroxylation is 1. The molecule has 1 aromatic rings. The van der Waals surface area contributed by atoms with E-state index >= 15 is 0 Å². The number of carbonyl (C=O) groups excluding carboxylic acids is 1. The fourth-order valence-corrected chi connectivity index (χ4v) is 2.59. The van der Waals surface area contributed by atoms with E-state index in [4.69, 9.17) is 10.9 Å². The Morgan fingerprint density at radius 2 is 2.25 bits per heavy atom. The van der Waals surface area contributed by atoms with Crippen LogP contribution in [0.3, 0.4) is 0 Å². The SMILES string of the molecule is Cc1cnc(CNC(=O)C2(C(N)=NO)CC(C)C2)cn1. The van der Waals surface area contributed by atoms with Crippen LogP contribution in [-0.4, -0.2) is 26.9 Å². The van der Waals surface area contributed by atoms with Gasteiger partial charge in [0.05, 0.1) is 24.1 Å². The summed E-state index contributed by atoms with van der Waals surface area (Å²) in [7, 11) is 0. The van der Waals surface area contributed by atoms with Gasteiger partial charge in [0.15, 0.2) is 5.84 Å². The molecule has 0 spiro atoms. The van der Waals surface area contributed by atoms with Gasteiger partial charge in [0.1, 0.15) is 5.41 Å². The number of hydrogen-bond donors (Lipinski definition) is 3. The van der Waals surface area contributed by atoms with Crippen molar-refractivity contribution in [2.45, 2.75) is 33.2 Å². The molecule has 4 N–H and O–H groups in total. The molecule has 108 valence electrons. The zero-order chi connectivity index (χ0) is 14.8. The van der Waals surface area contributed by atoms with Crippen molar-refractivity contribution in [1.29, 1.82) is 0 Å². The third kappa shape index (κ3) is 2.56. The monoisotopic (exact) mass is 277 g/mol. The highest BCUT2D eigenvalue weighted by Gasteiger charge is 2.52. The minimum Gasteiger partial charge on any atom is -0.409 e. The molecule has 1 heterocycles. The van der Waals surface area contributed by atoms with Gasteiger partial charge in [-0.2, -0.15) is 0 Å². The largest absolute Gasteiger partial charge is 0.409 e. The summed E-state index contributed by atoms with van der Waals surface area (Å²) in [6.07, 6.45) is 4.45. The number of amidine groups is 1. The fraction of sp³-hybridized carbons (Fsp3) is 0.538. The first kappa shape index (κ1) is 14.2. The maximum Gasteiger partial charge on any atom is 0.234 e. The Hall–Kier alpha value is -2.18. The van der Waals surface area contributed by atoms with E-state index in [1.807, 2.05) is 13.8 Å². The van der Waals surface area contributed by atoms with Crippen LogP contribution in [0, 0.1) is 18.3 Å². The number of rotatable bonds is 4. The van der Waals surface area contributed by atoms with Gasteiger partial charge in [-0.1, -0.05) is 12.1 Å². The lowest BCUT2D eigenvalue weighted by atomic mass is 9.61. The number of aromatic nitrogens is 2. The second-order valence-corrected chi connectivity index (χ2v) is 5.41. The Balaban J connectivity index is 2.01. The van der Waals surface area contributed by atoms with Gasteiger partial charge in [0.25, 0.3) is 0 Å². The number of hydrogen-bond acceptors (Lipinski definition) is 5. The Bertz CT molecular complexity index is 520. The number of nitrogens with zero attached hydrogens (tertiary/aromatic N) is 3. The van der Waals surface area contributed by atoms with Crippen LogP contribution in [0.1, 0.15) is 31.2 Å². The van der Waals surface area contributed by atoms with Crippen molar-refractivity contribution in [3.63, 3.8) is 0 Å². The first-order valence-corrected chi connectivity index (χ1v) is 6.52. The van der Waals surface area contributed by atoms with Crippen LogP contribution in [0.4, 0.5) is 0 Å². The molecule has 1 amide bonds. The minimum absolute atomic E-state index is 0.0249. The topological polar surface area (TPSA) is 113 Å². The number of nitrogens with one attached hydrogen (secondary N) is 1. The summed E-state index contributed by atoms with van der Waals surface area (Å²) in [4.78, 5) is 20.6. The molecule has 0 aliphatic heterocycles. The standard InChI is InChI=1S/C13H19N5O2/c1-8-3-13(4-8,11(14)18-20)12(19)17-7-10-6-15-9(2)5-16-10/h5-6,8,20H,3-4,7H2,1-2H3,(H2,14,18)(H,17,19). The van der Waals surface area contributed by atoms with Crippen LogP contribution < -0.4 is 11.1 Å². The maximum absolute atomic E-state index is 12.3. The molecule has 0 unspecified atom stereocenters. The van der Waals surface area contributed by atoms with Gasteiger partial charge in [0.2, 0.25) is 5.91 Å². The zero-order valence-corrected chi connectivity index (χ0v) is 11.6. The third-order valence-electron chi connectivity index (χ3n) is 3.69. The van der Waals surface area contributed by atoms with E-state index in [1.165, 1.54) is 0 Å². The first-order chi connectivity index (χ1) is 9.48. The van der Waals surface area contributed by atoms with Crippen LogP contribution >= 0.6 is 0 Å². The molecule has 0 aromatic carbocycles. The molecule has 7 nitrogen and oxygen atoms in total. The molecule has 20 heavy (non-hydrogen) atoms. The molecule has 0 saturated heterocycles. The maximum atomic E-state index is 12.3. The van der Waals surface area contributed by atoms with Crippen molar-refractivity contribution in [3.8, 4) is 0 Å². The molecule has 7 heteroatoms. The average molecular weight is 277 g/mol. The van der Waals surface area contributed by atoms with E-state index < -0.39 is 5.41 Å². The molecule has 2 rings (SSSR count). The highest BCUT2D eigenvalue weighted by molar-refractivity contribution is 6.07. The van der Waals surface area contributed by atoms with Gasteiger partial charge in [-0.05, 0) is 25.7 Å². The first-order valence-electron chi connectivity index (χ1n) is 6.52. The highest BCUT2D eigenvalue weighted by atomic mass is 16.4. The lowest BCUT2D eigenvalue weighted by Gasteiger charge is -2.43. The van der Waals surface area contributed by atoms with Crippen LogP contribution in [0.5, 0.6) is 0 Å². The van der Waals surface area contributed by atoms with Crippen molar-refractivity contribution >= 4 is 11.7 Å². The van der Waals surface area contributed by atoms with E-state index in [9.17, 15) is 4.79 Å². The molecule has 1 aromatic heterocycles. The van der Waals surface area contributed by atoms with Crippen molar-refractivity contribution in [1.82, 2.24) is 15.3 Å². The number of nitrogens with two attached hydrogens (primary N) is 1. The fourth-order valence-electron chi connectivity index (χ4n) is 2.59. The molecule has 1 fully saturated rings. The molecule has 1 saturated carbocycles. The van der Waals surface area contributed by atoms with E-state index in [-0.39, 0.29) is 18.3 Å². The van der Waals surface area contributed by atoms with E-state index in [1.54, 1.807) is 12.4 Å². The molecule has 0 atom stereocenters. The van der Waals surface area contributed by atoms with Gasteiger partial charge in [-0.3, -0.25) is 14.8 Å².